The third kappa shape index (κ3) is 3.81. The van der Waals surface area contributed by atoms with Crippen LogP contribution in [0.15, 0.2) is 24.3 Å². The molecule has 108 valence electrons. The predicted molar refractivity (Wildman–Crippen MR) is 82.2 cm³/mol. The molecule has 2 aromatic rings. The van der Waals surface area contributed by atoms with Crippen LogP contribution in [0.1, 0.15) is 41.4 Å². The number of rotatable bonds is 7. The summed E-state index contributed by atoms with van der Waals surface area (Å²) in [5, 5.41) is 10.3. The average Bonchev–Trinajstić information content (AvgIpc) is 2.88. The van der Waals surface area contributed by atoms with Gasteiger partial charge in [-0.15, -0.1) is 11.3 Å². The Balaban J connectivity index is 1.99. The lowest BCUT2D eigenvalue weighted by atomic mass is 10.2. The van der Waals surface area contributed by atoms with Gasteiger partial charge in [-0.05, 0) is 30.5 Å². The van der Waals surface area contributed by atoms with Gasteiger partial charge in [-0.2, -0.15) is 0 Å². The van der Waals surface area contributed by atoms with E-state index in [9.17, 15) is 5.11 Å². The Morgan fingerprint density at radius 1 is 1.20 bits per heavy atom. The Hall–Kier alpha value is -1.39. The van der Waals surface area contributed by atoms with E-state index in [2.05, 4.69) is 31.0 Å². The van der Waals surface area contributed by atoms with E-state index in [4.69, 9.17) is 4.74 Å². The van der Waals surface area contributed by atoms with Gasteiger partial charge in [0, 0.05) is 0 Å². The highest BCUT2D eigenvalue weighted by Gasteiger charge is 2.10. The van der Waals surface area contributed by atoms with E-state index in [-0.39, 0.29) is 6.61 Å². The molecule has 20 heavy (non-hydrogen) atoms. The molecule has 0 spiro atoms. The molecule has 1 heterocycles. The van der Waals surface area contributed by atoms with Crippen molar-refractivity contribution in [3.63, 3.8) is 0 Å². The largest absolute Gasteiger partial charge is 0.486 e. The second kappa shape index (κ2) is 7.41. The number of hydrogen-bond donors (Lipinski definition) is 1. The molecule has 1 N–H and O–H groups in total. The van der Waals surface area contributed by atoms with Crippen LogP contribution < -0.4 is 4.74 Å². The maximum atomic E-state index is 9.33. The Morgan fingerprint density at radius 2 is 1.95 bits per heavy atom. The number of aryl methyl sites for hydroxylation is 2. The Kier molecular flexibility index (Phi) is 5.56. The van der Waals surface area contributed by atoms with Crippen LogP contribution in [-0.2, 0) is 26.1 Å². The van der Waals surface area contributed by atoms with Crippen molar-refractivity contribution in [3.05, 3.63) is 45.4 Å². The van der Waals surface area contributed by atoms with E-state index >= 15 is 0 Å². The van der Waals surface area contributed by atoms with E-state index in [1.165, 1.54) is 5.56 Å². The minimum atomic E-state index is 0.0677. The molecular formula is C16H21NO2S. The van der Waals surface area contributed by atoms with Gasteiger partial charge in [-0.1, -0.05) is 32.4 Å². The number of ether oxygens (including phenoxy) is 1. The average molecular weight is 291 g/mol. The molecule has 4 heteroatoms. The molecule has 0 bridgehead atoms. The van der Waals surface area contributed by atoms with E-state index in [0.29, 0.717) is 6.61 Å². The molecule has 0 saturated heterocycles. The Morgan fingerprint density at radius 3 is 2.55 bits per heavy atom. The van der Waals surface area contributed by atoms with Gasteiger partial charge in [0.25, 0.3) is 0 Å². The lowest BCUT2D eigenvalue weighted by molar-refractivity contribution is 0.284. The first-order valence-corrected chi connectivity index (χ1v) is 7.88. The third-order valence-electron chi connectivity index (χ3n) is 3.15. The van der Waals surface area contributed by atoms with Crippen molar-refractivity contribution < 1.29 is 9.84 Å². The van der Waals surface area contributed by atoms with E-state index in [1.807, 2.05) is 12.1 Å². The predicted octanol–water partition coefficient (Wildman–Crippen LogP) is 3.73. The standard InChI is InChI=1S/C16H21NO2S/c1-3-5-14-15(10-18)20-16(17-14)11-19-13-8-6-12(4-2)7-9-13/h6-9,18H,3-5,10-11H2,1-2H3. The number of benzene rings is 1. The number of aliphatic hydroxyl groups is 1. The van der Waals surface area contributed by atoms with Crippen molar-refractivity contribution in [1.29, 1.82) is 0 Å². The van der Waals surface area contributed by atoms with Crippen LogP contribution in [0.3, 0.4) is 0 Å². The number of aromatic nitrogens is 1. The van der Waals surface area contributed by atoms with E-state index < -0.39 is 0 Å². The van der Waals surface area contributed by atoms with Gasteiger partial charge in [0.1, 0.15) is 17.4 Å². The number of hydrogen-bond acceptors (Lipinski definition) is 4. The summed E-state index contributed by atoms with van der Waals surface area (Å²) in [6.07, 6.45) is 2.99. The molecule has 0 fully saturated rings. The monoisotopic (exact) mass is 291 g/mol. The van der Waals surface area contributed by atoms with Gasteiger partial charge < -0.3 is 9.84 Å². The molecule has 2 rings (SSSR count). The molecule has 3 nitrogen and oxygen atoms in total. The smallest absolute Gasteiger partial charge is 0.140 e. The fourth-order valence-electron chi connectivity index (χ4n) is 2.02. The van der Waals surface area contributed by atoms with Crippen LogP contribution in [0.2, 0.25) is 0 Å². The van der Waals surface area contributed by atoms with Crippen molar-refractivity contribution in [3.8, 4) is 5.75 Å². The molecule has 0 aliphatic rings. The molecule has 0 aliphatic carbocycles. The fraction of sp³-hybridized carbons (Fsp3) is 0.438. The van der Waals surface area contributed by atoms with E-state index in [0.717, 1.165) is 40.6 Å². The molecular weight excluding hydrogens is 270 g/mol. The van der Waals surface area contributed by atoms with Gasteiger partial charge in [-0.25, -0.2) is 4.98 Å². The van der Waals surface area contributed by atoms with Gasteiger partial charge in [-0.3, -0.25) is 0 Å². The van der Waals surface area contributed by atoms with Crippen molar-refractivity contribution in [2.75, 3.05) is 0 Å². The first-order chi connectivity index (χ1) is 9.76. The van der Waals surface area contributed by atoms with Gasteiger partial charge in [0.15, 0.2) is 0 Å². The second-order valence-electron chi connectivity index (χ2n) is 4.67. The van der Waals surface area contributed by atoms with E-state index in [1.54, 1.807) is 11.3 Å². The molecule has 1 aromatic heterocycles. The minimum Gasteiger partial charge on any atom is -0.486 e. The van der Waals surface area contributed by atoms with Crippen molar-refractivity contribution >= 4 is 11.3 Å². The highest BCUT2D eigenvalue weighted by molar-refractivity contribution is 7.11. The zero-order chi connectivity index (χ0) is 14.4. The Labute approximate surface area is 124 Å². The number of aliphatic hydroxyl groups excluding tert-OH is 1. The minimum absolute atomic E-state index is 0.0677. The molecule has 0 radical (unpaired) electrons. The maximum absolute atomic E-state index is 9.33. The normalized spacial score (nSPS) is 10.8. The van der Waals surface area contributed by atoms with Gasteiger partial charge >= 0.3 is 0 Å². The zero-order valence-electron chi connectivity index (χ0n) is 12.1. The summed E-state index contributed by atoms with van der Waals surface area (Å²) in [7, 11) is 0. The number of nitrogens with zero attached hydrogens (tertiary/aromatic N) is 1. The van der Waals surface area contributed by atoms with Crippen LogP contribution in [0.25, 0.3) is 0 Å². The van der Waals surface area contributed by atoms with Crippen molar-refractivity contribution in [2.24, 2.45) is 0 Å². The highest BCUT2D eigenvalue weighted by Crippen LogP contribution is 2.22. The summed E-state index contributed by atoms with van der Waals surface area (Å²) < 4.78 is 5.75. The summed E-state index contributed by atoms with van der Waals surface area (Å²) in [6, 6.07) is 8.15. The summed E-state index contributed by atoms with van der Waals surface area (Å²) in [4.78, 5) is 5.52. The highest BCUT2D eigenvalue weighted by atomic mass is 32.1. The first-order valence-electron chi connectivity index (χ1n) is 7.06. The molecule has 0 unspecified atom stereocenters. The maximum Gasteiger partial charge on any atom is 0.140 e. The lowest BCUT2D eigenvalue weighted by Crippen LogP contribution is -1.96. The quantitative estimate of drug-likeness (QED) is 0.845. The van der Waals surface area contributed by atoms with Crippen molar-refractivity contribution in [1.82, 2.24) is 4.98 Å². The first kappa shape index (κ1) is 15.0. The summed E-state index contributed by atoms with van der Waals surface area (Å²) >= 11 is 1.54. The molecule has 1 aromatic carbocycles. The number of thiazole rings is 1. The van der Waals surface area contributed by atoms with Crippen LogP contribution in [0.5, 0.6) is 5.75 Å². The zero-order valence-corrected chi connectivity index (χ0v) is 12.9. The van der Waals surface area contributed by atoms with Crippen LogP contribution >= 0.6 is 11.3 Å². The summed E-state index contributed by atoms with van der Waals surface area (Å²) in [5.41, 5.74) is 2.32. The van der Waals surface area contributed by atoms with Gasteiger partial charge in [0.2, 0.25) is 0 Å². The van der Waals surface area contributed by atoms with Gasteiger partial charge in [0.05, 0.1) is 17.2 Å². The van der Waals surface area contributed by atoms with Crippen LogP contribution in [0, 0.1) is 0 Å². The molecule has 0 atom stereocenters. The molecule has 0 aliphatic heterocycles. The fourth-order valence-corrected chi connectivity index (χ4v) is 2.91. The SMILES string of the molecule is CCCc1nc(COc2ccc(CC)cc2)sc1CO. The molecule has 0 amide bonds. The third-order valence-corrected chi connectivity index (χ3v) is 4.20. The summed E-state index contributed by atoms with van der Waals surface area (Å²) in [6.45, 7) is 4.79. The second-order valence-corrected chi connectivity index (χ2v) is 5.84. The molecule has 0 saturated carbocycles. The van der Waals surface area contributed by atoms with Crippen LogP contribution in [-0.4, -0.2) is 10.1 Å². The summed E-state index contributed by atoms with van der Waals surface area (Å²) in [5.74, 6) is 0.861. The topological polar surface area (TPSA) is 42.4 Å². The lowest BCUT2D eigenvalue weighted by Gasteiger charge is -2.04. The Bertz CT molecular complexity index is 534. The van der Waals surface area contributed by atoms with Crippen LogP contribution in [0.4, 0.5) is 0 Å². The van der Waals surface area contributed by atoms with Crippen molar-refractivity contribution in [2.45, 2.75) is 46.3 Å².